The number of aryl methyl sites for hydroxylation is 2. The molecule has 8 heteroatoms. The Kier molecular flexibility index (Phi) is 5.62. The number of aromatic nitrogens is 3. The molecule has 1 N–H and O–H groups in total. The Morgan fingerprint density at radius 3 is 2.72 bits per heavy atom. The van der Waals surface area contributed by atoms with E-state index in [9.17, 15) is 9.18 Å². The lowest BCUT2D eigenvalue weighted by Gasteiger charge is -2.31. The van der Waals surface area contributed by atoms with E-state index in [4.69, 9.17) is 0 Å². The van der Waals surface area contributed by atoms with E-state index in [1.54, 1.807) is 17.4 Å². The summed E-state index contributed by atoms with van der Waals surface area (Å²) >= 11 is 1.54. The largest absolute Gasteiger partial charge is 0.352 e. The Bertz CT molecular complexity index is 995. The van der Waals surface area contributed by atoms with Crippen molar-refractivity contribution in [3.8, 4) is 5.13 Å². The predicted octanol–water partition coefficient (Wildman–Crippen LogP) is 3.62. The van der Waals surface area contributed by atoms with Gasteiger partial charge in [0.2, 0.25) is 16.2 Å². The molecular weight excluding hydrogens is 389 g/mol. The first-order valence-corrected chi connectivity index (χ1v) is 10.6. The second kappa shape index (κ2) is 8.32. The maximum Gasteiger partial charge on any atom is 0.225 e. The van der Waals surface area contributed by atoms with Crippen LogP contribution >= 0.6 is 11.3 Å². The van der Waals surface area contributed by atoms with Crippen LogP contribution in [0.2, 0.25) is 0 Å². The number of halogens is 1. The monoisotopic (exact) mass is 413 g/mol. The summed E-state index contributed by atoms with van der Waals surface area (Å²) in [5.41, 5.74) is 3.01. The first kappa shape index (κ1) is 19.6. The predicted molar refractivity (Wildman–Crippen MR) is 112 cm³/mol. The normalized spacial score (nSPS) is 16.8. The summed E-state index contributed by atoms with van der Waals surface area (Å²) in [5.74, 6) is -0.402. The molecule has 1 amide bonds. The van der Waals surface area contributed by atoms with Crippen LogP contribution in [0.1, 0.15) is 29.8 Å². The van der Waals surface area contributed by atoms with E-state index in [1.807, 2.05) is 19.9 Å². The van der Waals surface area contributed by atoms with Crippen molar-refractivity contribution < 1.29 is 9.18 Å². The van der Waals surface area contributed by atoms with Crippen LogP contribution in [0.15, 0.2) is 36.4 Å². The topological polar surface area (TPSA) is 63.1 Å². The van der Waals surface area contributed by atoms with Gasteiger partial charge in [0.25, 0.3) is 0 Å². The molecule has 0 unspecified atom stereocenters. The van der Waals surface area contributed by atoms with Gasteiger partial charge in [-0.15, -0.1) is 10.2 Å². The van der Waals surface area contributed by atoms with Crippen molar-refractivity contribution in [2.24, 2.45) is 5.92 Å². The fourth-order valence-electron chi connectivity index (χ4n) is 3.74. The number of nitrogens with zero attached hydrogens (tertiary/aromatic N) is 4. The number of hydrogen-bond acceptors (Lipinski definition) is 5. The van der Waals surface area contributed by atoms with Crippen LogP contribution in [0.5, 0.6) is 0 Å². The maximum absolute atomic E-state index is 13.3. The molecule has 0 spiro atoms. The molecular formula is C21H24FN5OS. The molecule has 1 aromatic carbocycles. The van der Waals surface area contributed by atoms with Gasteiger partial charge in [-0.3, -0.25) is 9.36 Å². The first-order valence-electron chi connectivity index (χ1n) is 9.77. The fourth-order valence-corrected chi connectivity index (χ4v) is 4.74. The highest BCUT2D eigenvalue weighted by atomic mass is 32.1. The van der Waals surface area contributed by atoms with E-state index in [1.165, 1.54) is 12.1 Å². The molecule has 29 heavy (non-hydrogen) atoms. The molecule has 152 valence electrons. The van der Waals surface area contributed by atoms with Crippen LogP contribution in [0.4, 0.5) is 9.52 Å². The molecule has 6 nitrogen and oxygen atoms in total. The average molecular weight is 414 g/mol. The molecule has 0 radical (unpaired) electrons. The Morgan fingerprint density at radius 1 is 1.21 bits per heavy atom. The number of piperidine rings is 1. The Labute approximate surface area is 173 Å². The molecule has 0 aliphatic carbocycles. The highest BCUT2D eigenvalue weighted by Gasteiger charge is 2.28. The van der Waals surface area contributed by atoms with Gasteiger partial charge in [-0.2, -0.15) is 0 Å². The lowest BCUT2D eigenvalue weighted by Crippen LogP contribution is -2.43. The number of carbonyl (C=O) groups excluding carboxylic acids is 1. The van der Waals surface area contributed by atoms with Gasteiger partial charge >= 0.3 is 0 Å². The van der Waals surface area contributed by atoms with Crippen molar-refractivity contribution in [2.75, 3.05) is 18.0 Å². The zero-order valence-corrected chi connectivity index (χ0v) is 17.4. The molecule has 3 aromatic rings. The van der Waals surface area contributed by atoms with Crippen molar-refractivity contribution in [1.29, 1.82) is 0 Å². The number of amides is 1. The molecule has 1 aliphatic heterocycles. The van der Waals surface area contributed by atoms with Crippen molar-refractivity contribution >= 4 is 22.4 Å². The van der Waals surface area contributed by atoms with Gasteiger partial charge in [0, 0.05) is 31.0 Å². The van der Waals surface area contributed by atoms with Crippen LogP contribution in [0.25, 0.3) is 5.13 Å². The molecule has 1 atom stereocenters. The fraction of sp³-hybridized carbons (Fsp3) is 0.381. The smallest absolute Gasteiger partial charge is 0.225 e. The van der Waals surface area contributed by atoms with Gasteiger partial charge in [0.05, 0.1) is 5.92 Å². The minimum atomic E-state index is -0.291. The van der Waals surface area contributed by atoms with E-state index >= 15 is 0 Å². The second-order valence-electron chi connectivity index (χ2n) is 7.45. The van der Waals surface area contributed by atoms with Gasteiger partial charge in [-0.1, -0.05) is 23.5 Å². The summed E-state index contributed by atoms with van der Waals surface area (Å²) in [5, 5.41) is 13.4. The lowest BCUT2D eigenvalue weighted by molar-refractivity contribution is -0.125. The SMILES string of the molecule is Cc1ccc(C)n1-c1nnc(N2CCC[C@H](C(=O)NCc3cccc(F)c3)C2)s1. The zero-order chi connectivity index (χ0) is 20.4. The molecule has 1 fully saturated rings. The van der Waals surface area contributed by atoms with Gasteiger partial charge in [0.1, 0.15) is 5.82 Å². The zero-order valence-electron chi connectivity index (χ0n) is 16.6. The summed E-state index contributed by atoms with van der Waals surface area (Å²) in [4.78, 5) is 14.8. The van der Waals surface area contributed by atoms with E-state index in [2.05, 4.69) is 37.1 Å². The minimum absolute atomic E-state index is 0.000739. The number of carbonyl (C=O) groups is 1. The molecule has 3 heterocycles. The van der Waals surface area contributed by atoms with Crippen LogP contribution < -0.4 is 10.2 Å². The Hall–Kier alpha value is -2.74. The van der Waals surface area contributed by atoms with E-state index in [0.717, 1.165) is 46.6 Å². The highest BCUT2D eigenvalue weighted by Crippen LogP contribution is 2.29. The molecule has 1 aliphatic rings. The molecule has 0 saturated carbocycles. The summed E-state index contributed by atoms with van der Waals surface area (Å²) < 4.78 is 15.4. The molecule has 2 aromatic heterocycles. The third kappa shape index (κ3) is 4.32. The number of anilines is 1. The standard InChI is InChI=1S/C21H24FN5OS/c1-14-8-9-15(2)27(14)21-25-24-20(29-21)26-10-4-6-17(13-26)19(28)23-12-16-5-3-7-18(22)11-16/h3,5,7-9,11,17H,4,6,10,12-13H2,1-2H3,(H,23,28)/t17-/m0/s1. The third-order valence-corrected chi connectivity index (χ3v) is 6.25. The van der Waals surface area contributed by atoms with Gasteiger partial charge < -0.3 is 10.2 Å². The molecule has 0 bridgehead atoms. The minimum Gasteiger partial charge on any atom is -0.352 e. The Morgan fingerprint density at radius 2 is 1.97 bits per heavy atom. The summed E-state index contributed by atoms with van der Waals surface area (Å²) in [6.45, 7) is 5.92. The van der Waals surface area contributed by atoms with Crippen LogP contribution in [0, 0.1) is 25.6 Å². The first-order chi connectivity index (χ1) is 14.0. The average Bonchev–Trinajstić information content (AvgIpc) is 3.32. The van der Waals surface area contributed by atoms with Gasteiger partial charge in [-0.05, 0) is 56.5 Å². The molecule has 1 saturated heterocycles. The van der Waals surface area contributed by atoms with Crippen molar-refractivity contribution in [3.63, 3.8) is 0 Å². The summed E-state index contributed by atoms with van der Waals surface area (Å²) in [6, 6.07) is 10.4. The summed E-state index contributed by atoms with van der Waals surface area (Å²) in [7, 11) is 0. The quantitative estimate of drug-likeness (QED) is 0.694. The van der Waals surface area contributed by atoms with Crippen molar-refractivity contribution in [3.05, 3.63) is 59.2 Å². The van der Waals surface area contributed by atoms with Gasteiger partial charge in [-0.25, -0.2) is 4.39 Å². The Balaban J connectivity index is 1.40. The lowest BCUT2D eigenvalue weighted by atomic mass is 9.97. The number of rotatable bonds is 5. The number of hydrogen-bond donors (Lipinski definition) is 1. The van der Waals surface area contributed by atoms with Crippen LogP contribution in [-0.2, 0) is 11.3 Å². The second-order valence-corrected chi connectivity index (χ2v) is 8.39. The van der Waals surface area contributed by atoms with Crippen molar-refractivity contribution in [1.82, 2.24) is 20.1 Å². The third-order valence-electron chi connectivity index (χ3n) is 5.28. The number of nitrogens with one attached hydrogen (secondary N) is 1. The van der Waals surface area contributed by atoms with E-state index in [0.29, 0.717) is 13.1 Å². The maximum atomic E-state index is 13.3. The van der Waals surface area contributed by atoms with Crippen LogP contribution in [0.3, 0.4) is 0 Å². The summed E-state index contributed by atoms with van der Waals surface area (Å²) in [6.07, 6.45) is 1.77. The van der Waals surface area contributed by atoms with E-state index in [-0.39, 0.29) is 17.6 Å². The van der Waals surface area contributed by atoms with Gasteiger partial charge in [0.15, 0.2) is 0 Å². The van der Waals surface area contributed by atoms with Crippen molar-refractivity contribution in [2.45, 2.75) is 33.2 Å². The highest BCUT2D eigenvalue weighted by molar-refractivity contribution is 7.17. The van der Waals surface area contributed by atoms with Crippen LogP contribution in [-0.4, -0.2) is 33.8 Å². The number of benzene rings is 1. The molecule has 4 rings (SSSR count). The van der Waals surface area contributed by atoms with E-state index < -0.39 is 0 Å².